The van der Waals surface area contributed by atoms with Gasteiger partial charge in [-0.25, -0.2) is 13.1 Å². The summed E-state index contributed by atoms with van der Waals surface area (Å²) in [5.41, 5.74) is 1.21. The maximum atomic E-state index is 12.3. The predicted octanol–water partition coefficient (Wildman–Crippen LogP) is 2.50. The van der Waals surface area contributed by atoms with Crippen LogP contribution in [0.1, 0.15) is 25.8 Å². The molecule has 2 aromatic carbocycles. The summed E-state index contributed by atoms with van der Waals surface area (Å²) in [4.78, 5) is 11.9. The minimum absolute atomic E-state index is 0.0103. The number of ether oxygens (including phenoxy) is 1. The van der Waals surface area contributed by atoms with Crippen LogP contribution < -0.4 is 14.8 Å². The lowest BCUT2D eigenvalue weighted by Crippen LogP contribution is -2.37. The second kappa shape index (κ2) is 10.1. The molecule has 0 bridgehead atoms. The lowest BCUT2D eigenvalue weighted by molar-refractivity contribution is -0.119. The number of rotatable bonds is 10. The standard InChI is InChI=1S/C20H26N2O4S/c1-16(2)26-18-10-12-19(13-11-18)27(24,25)22-15-20(23)21-14-6-9-17-7-4-3-5-8-17/h3-5,7-8,10-13,16,22H,6,9,14-15H2,1-2H3,(H,21,23). The molecule has 2 aromatic rings. The van der Waals surface area contributed by atoms with Crippen molar-refractivity contribution >= 4 is 15.9 Å². The Kier molecular flexibility index (Phi) is 7.82. The van der Waals surface area contributed by atoms with Gasteiger partial charge in [0, 0.05) is 6.54 Å². The molecule has 27 heavy (non-hydrogen) atoms. The Morgan fingerprint density at radius 3 is 2.33 bits per heavy atom. The number of amides is 1. The van der Waals surface area contributed by atoms with Crippen molar-refractivity contribution in [1.29, 1.82) is 0 Å². The molecule has 0 unspecified atom stereocenters. The van der Waals surface area contributed by atoms with E-state index in [0.717, 1.165) is 12.8 Å². The molecule has 0 fully saturated rings. The average molecular weight is 391 g/mol. The Balaban J connectivity index is 1.74. The second-order valence-electron chi connectivity index (χ2n) is 6.40. The van der Waals surface area contributed by atoms with Gasteiger partial charge in [0.05, 0.1) is 17.5 Å². The fourth-order valence-electron chi connectivity index (χ4n) is 2.44. The van der Waals surface area contributed by atoms with Crippen LogP contribution in [-0.2, 0) is 21.2 Å². The van der Waals surface area contributed by atoms with E-state index in [1.807, 2.05) is 44.2 Å². The molecule has 0 radical (unpaired) electrons. The molecule has 0 aliphatic heterocycles. The summed E-state index contributed by atoms with van der Waals surface area (Å²) in [5.74, 6) is 0.242. The Morgan fingerprint density at radius 1 is 1.04 bits per heavy atom. The largest absolute Gasteiger partial charge is 0.491 e. The highest BCUT2D eigenvalue weighted by Crippen LogP contribution is 2.16. The van der Waals surface area contributed by atoms with Crippen molar-refractivity contribution < 1.29 is 17.9 Å². The van der Waals surface area contributed by atoms with Crippen molar-refractivity contribution in [2.45, 2.75) is 37.7 Å². The molecule has 0 heterocycles. The van der Waals surface area contributed by atoms with Crippen LogP contribution in [-0.4, -0.2) is 33.5 Å². The van der Waals surface area contributed by atoms with Crippen LogP contribution in [0.3, 0.4) is 0 Å². The smallest absolute Gasteiger partial charge is 0.241 e. The van der Waals surface area contributed by atoms with Gasteiger partial charge in [0.15, 0.2) is 0 Å². The number of hydrogen-bond acceptors (Lipinski definition) is 4. The second-order valence-corrected chi connectivity index (χ2v) is 8.17. The summed E-state index contributed by atoms with van der Waals surface area (Å²) in [6.45, 7) is 3.99. The Labute approximate surface area is 161 Å². The molecule has 0 spiro atoms. The molecule has 6 nitrogen and oxygen atoms in total. The number of sulfonamides is 1. The fourth-order valence-corrected chi connectivity index (χ4v) is 3.42. The fraction of sp³-hybridized carbons (Fsp3) is 0.350. The van der Waals surface area contributed by atoms with Gasteiger partial charge in [-0.1, -0.05) is 30.3 Å². The van der Waals surface area contributed by atoms with Gasteiger partial charge in [-0.2, -0.15) is 0 Å². The maximum absolute atomic E-state index is 12.3. The number of benzene rings is 2. The van der Waals surface area contributed by atoms with Crippen LogP contribution in [0.25, 0.3) is 0 Å². The third kappa shape index (κ3) is 7.40. The molecule has 146 valence electrons. The first kappa shape index (κ1) is 20.9. The number of hydrogen-bond donors (Lipinski definition) is 2. The molecule has 0 aliphatic rings. The van der Waals surface area contributed by atoms with Crippen molar-refractivity contribution in [2.24, 2.45) is 0 Å². The van der Waals surface area contributed by atoms with Gasteiger partial charge in [-0.3, -0.25) is 4.79 Å². The molecule has 0 saturated carbocycles. The summed E-state index contributed by atoms with van der Waals surface area (Å²) in [6.07, 6.45) is 1.66. The Bertz CT molecular complexity index is 819. The van der Waals surface area contributed by atoms with Crippen molar-refractivity contribution in [3.8, 4) is 5.75 Å². The molecule has 2 rings (SSSR count). The third-order valence-electron chi connectivity index (χ3n) is 3.74. The first-order valence-electron chi connectivity index (χ1n) is 8.94. The molecule has 0 aromatic heterocycles. The molecule has 0 saturated heterocycles. The van der Waals surface area contributed by atoms with Gasteiger partial charge in [0.1, 0.15) is 5.75 Å². The van der Waals surface area contributed by atoms with E-state index in [9.17, 15) is 13.2 Å². The van der Waals surface area contributed by atoms with E-state index in [4.69, 9.17) is 4.74 Å². The lowest BCUT2D eigenvalue weighted by atomic mass is 10.1. The molecular weight excluding hydrogens is 364 g/mol. The van der Waals surface area contributed by atoms with Gasteiger partial charge in [0.25, 0.3) is 0 Å². The Hall–Kier alpha value is -2.38. The lowest BCUT2D eigenvalue weighted by Gasteiger charge is -2.11. The summed E-state index contributed by atoms with van der Waals surface area (Å²) >= 11 is 0. The summed E-state index contributed by atoms with van der Waals surface area (Å²) in [6, 6.07) is 16.1. The van der Waals surface area contributed by atoms with Crippen molar-refractivity contribution in [3.05, 3.63) is 60.2 Å². The number of carbonyl (C=O) groups is 1. The van der Waals surface area contributed by atoms with Gasteiger partial charge in [-0.15, -0.1) is 0 Å². The third-order valence-corrected chi connectivity index (χ3v) is 5.15. The summed E-state index contributed by atoms with van der Waals surface area (Å²) in [7, 11) is -3.74. The molecule has 7 heteroatoms. The van der Waals surface area contributed by atoms with E-state index in [2.05, 4.69) is 10.0 Å². The predicted molar refractivity (Wildman–Crippen MR) is 105 cm³/mol. The average Bonchev–Trinajstić information content (AvgIpc) is 2.64. The quantitative estimate of drug-likeness (QED) is 0.611. The van der Waals surface area contributed by atoms with Gasteiger partial charge < -0.3 is 10.1 Å². The van der Waals surface area contributed by atoms with Gasteiger partial charge in [0.2, 0.25) is 15.9 Å². The summed E-state index contributed by atoms with van der Waals surface area (Å²) < 4.78 is 32.3. The maximum Gasteiger partial charge on any atom is 0.241 e. The van der Waals surface area contributed by atoms with E-state index in [1.54, 1.807) is 12.1 Å². The highest BCUT2D eigenvalue weighted by molar-refractivity contribution is 7.89. The van der Waals surface area contributed by atoms with E-state index >= 15 is 0 Å². The van der Waals surface area contributed by atoms with E-state index in [-0.39, 0.29) is 23.5 Å². The molecule has 0 atom stereocenters. The SMILES string of the molecule is CC(C)Oc1ccc(S(=O)(=O)NCC(=O)NCCCc2ccccc2)cc1. The van der Waals surface area contributed by atoms with Gasteiger partial charge in [-0.05, 0) is 56.5 Å². The zero-order valence-corrected chi connectivity index (χ0v) is 16.5. The van der Waals surface area contributed by atoms with Gasteiger partial charge >= 0.3 is 0 Å². The van der Waals surface area contributed by atoms with E-state index in [1.165, 1.54) is 17.7 Å². The van der Waals surface area contributed by atoms with Crippen LogP contribution in [0, 0.1) is 0 Å². The van der Waals surface area contributed by atoms with E-state index < -0.39 is 10.0 Å². The molecule has 0 aliphatic carbocycles. The normalized spacial score (nSPS) is 11.4. The van der Waals surface area contributed by atoms with Crippen LogP contribution in [0.2, 0.25) is 0 Å². The summed E-state index contributed by atoms with van der Waals surface area (Å²) in [5, 5.41) is 2.72. The number of aryl methyl sites for hydroxylation is 1. The number of carbonyl (C=O) groups excluding carboxylic acids is 1. The highest BCUT2D eigenvalue weighted by Gasteiger charge is 2.15. The first-order valence-corrected chi connectivity index (χ1v) is 10.4. The van der Waals surface area contributed by atoms with Crippen LogP contribution in [0.4, 0.5) is 0 Å². The van der Waals surface area contributed by atoms with Crippen molar-refractivity contribution in [1.82, 2.24) is 10.0 Å². The van der Waals surface area contributed by atoms with Crippen LogP contribution in [0.15, 0.2) is 59.5 Å². The minimum Gasteiger partial charge on any atom is -0.491 e. The molecular formula is C20H26N2O4S. The monoisotopic (exact) mass is 390 g/mol. The topological polar surface area (TPSA) is 84.5 Å². The number of nitrogens with one attached hydrogen (secondary N) is 2. The van der Waals surface area contributed by atoms with Crippen molar-refractivity contribution in [3.63, 3.8) is 0 Å². The minimum atomic E-state index is -3.74. The molecule has 2 N–H and O–H groups in total. The van der Waals surface area contributed by atoms with Crippen LogP contribution >= 0.6 is 0 Å². The Morgan fingerprint density at radius 2 is 1.70 bits per heavy atom. The van der Waals surface area contributed by atoms with E-state index in [0.29, 0.717) is 12.3 Å². The van der Waals surface area contributed by atoms with Crippen LogP contribution in [0.5, 0.6) is 5.75 Å². The zero-order valence-electron chi connectivity index (χ0n) is 15.6. The van der Waals surface area contributed by atoms with Crippen molar-refractivity contribution in [2.75, 3.05) is 13.1 Å². The molecule has 1 amide bonds. The first-order chi connectivity index (χ1) is 12.9. The zero-order chi connectivity index (χ0) is 19.7. The highest BCUT2D eigenvalue weighted by atomic mass is 32.2.